The molecule has 1 saturated heterocycles. The maximum Gasteiger partial charge on any atom is 0.273 e. The maximum atomic E-state index is 12.6. The Balaban J connectivity index is 1.51. The molecular weight excluding hydrogens is 332 g/mol. The molecule has 2 fully saturated rings. The van der Waals surface area contributed by atoms with Crippen LogP contribution in [0.25, 0.3) is 0 Å². The molecule has 2 amide bonds. The molecule has 3 rings (SSSR count). The topological polar surface area (TPSA) is 101 Å². The average Bonchev–Trinajstić information content (AvgIpc) is 3.31. The molecule has 144 valence electrons. The predicted octanol–water partition coefficient (Wildman–Crippen LogP) is 2.04. The smallest absolute Gasteiger partial charge is 0.273 e. The number of likely N-dealkylation sites (tertiary alicyclic amines) is 1. The van der Waals surface area contributed by atoms with Gasteiger partial charge in [0.15, 0.2) is 5.69 Å². The number of piperidine rings is 1. The van der Waals surface area contributed by atoms with Gasteiger partial charge < -0.3 is 20.5 Å². The molecule has 3 N–H and O–H groups in total. The molecule has 1 aromatic rings. The molecule has 1 aliphatic heterocycles. The predicted molar refractivity (Wildman–Crippen MR) is 97.6 cm³/mol. The van der Waals surface area contributed by atoms with E-state index in [2.05, 4.69) is 10.5 Å². The summed E-state index contributed by atoms with van der Waals surface area (Å²) in [6.45, 7) is 7.19. The number of amides is 2. The second-order valence-corrected chi connectivity index (χ2v) is 8.56. The van der Waals surface area contributed by atoms with E-state index in [1.807, 2.05) is 25.7 Å². The molecule has 2 atom stereocenters. The summed E-state index contributed by atoms with van der Waals surface area (Å²) in [5, 5.41) is 6.93. The minimum absolute atomic E-state index is 0.0464. The summed E-state index contributed by atoms with van der Waals surface area (Å²) in [6, 6.07) is 1.89. The SMILES string of the molecule is C[C@H]1C[C@@H](NC(=O)c2cc(C3CC3)on2)CCN1C(=O)CC(C)(C)CN. The Morgan fingerprint density at radius 2 is 2.12 bits per heavy atom. The zero-order valence-corrected chi connectivity index (χ0v) is 16.0. The van der Waals surface area contributed by atoms with Gasteiger partial charge in [0.2, 0.25) is 5.91 Å². The van der Waals surface area contributed by atoms with Crippen LogP contribution < -0.4 is 11.1 Å². The van der Waals surface area contributed by atoms with Crippen molar-refractivity contribution in [2.75, 3.05) is 13.1 Å². The van der Waals surface area contributed by atoms with Gasteiger partial charge in [0, 0.05) is 37.0 Å². The number of aromatic nitrogens is 1. The van der Waals surface area contributed by atoms with Crippen LogP contribution in [0, 0.1) is 5.41 Å². The first-order chi connectivity index (χ1) is 12.3. The molecular formula is C19H30N4O3. The summed E-state index contributed by atoms with van der Waals surface area (Å²) >= 11 is 0. The molecule has 0 bridgehead atoms. The fourth-order valence-electron chi connectivity index (χ4n) is 3.47. The van der Waals surface area contributed by atoms with Gasteiger partial charge in [0.1, 0.15) is 5.76 Å². The van der Waals surface area contributed by atoms with Crippen molar-refractivity contribution in [1.29, 1.82) is 0 Å². The number of hydrogen-bond donors (Lipinski definition) is 2. The quantitative estimate of drug-likeness (QED) is 0.806. The fourth-order valence-corrected chi connectivity index (χ4v) is 3.47. The van der Waals surface area contributed by atoms with E-state index in [-0.39, 0.29) is 29.3 Å². The molecule has 0 spiro atoms. The molecule has 1 saturated carbocycles. The van der Waals surface area contributed by atoms with Crippen LogP contribution in [0.3, 0.4) is 0 Å². The van der Waals surface area contributed by atoms with Gasteiger partial charge in [-0.1, -0.05) is 19.0 Å². The van der Waals surface area contributed by atoms with Gasteiger partial charge in [0.25, 0.3) is 5.91 Å². The monoisotopic (exact) mass is 362 g/mol. The summed E-state index contributed by atoms with van der Waals surface area (Å²) in [7, 11) is 0. The number of nitrogens with two attached hydrogens (primary N) is 1. The van der Waals surface area contributed by atoms with Gasteiger partial charge in [-0.25, -0.2) is 0 Å². The van der Waals surface area contributed by atoms with Crippen LogP contribution in [0.4, 0.5) is 0 Å². The number of nitrogens with one attached hydrogen (secondary N) is 1. The Hall–Kier alpha value is -1.89. The molecule has 0 aromatic carbocycles. The van der Waals surface area contributed by atoms with E-state index in [0.717, 1.165) is 31.4 Å². The zero-order valence-electron chi connectivity index (χ0n) is 16.0. The largest absolute Gasteiger partial charge is 0.360 e. The highest BCUT2D eigenvalue weighted by Crippen LogP contribution is 2.40. The molecule has 0 unspecified atom stereocenters. The first kappa shape index (κ1) is 18.9. The van der Waals surface area contributed by atoms with Gasteiger partial charge >= 0.3 is 0 Å². The maximum absolute atomic E-state index is 12.6. The van der Waals surface area contributed by atoms with Crippen LogP contribution in [0.5, 0.6) is 0 Å². The van der Waals surface area contributed by atoms with Crippen molar-refractivity contribution in [3.05, 3.63) is 17.5 Å². The molecule has 7 nitrogen and oxygen atoms in total. The molecule has 7 heteroatoms. The van der Waals surface area contributed by atoms with Crippen molar-refractivity contribution >= 4 is 11.8 Å². The lowest BCUT2D eigenvalue weighted by Crippen LogP contribution is -2.51. The van der Waals surface area contributed by atoms with E-state index < -0.39 is 0 Å². The highest BCUT2D eigenvalue weighted by atomic mass is 16.5. The summed E-state index contributed by atoms with van der Waals surface area (Å²) in [6.07, 6.45) is 4.17. The highest BCUT2D eigenvalue weighted by molar-refractivity contribution is 5.92. The summed E-state index contributed by atoms with van der Waals surface area (Å²) in [5.74, 6) is 1.20. The second-order valence-electron chi connectivity index (χ2n) is 8.56. The van der Waals surface area contributed by atoms with Gasteiger partial charge in [-0.2, -0.15) is 0 Å². The Morgan fingerprint density at radius 1 is 1.38 bits per heavy atom. The Bertz CT molecular complexity index is 665. The third-order valence-electron chi connectivity index (χ3n) is 5.45. The molecule has 2 heterocycles. The van der Waals surface area contributed by atoms with E-state index in [1.165, 1.54) is 0 Å². The van der Waals surface area contributed by atoms with Crippen LogP contribution in [-0.4, -0.2) is 47.0 Å². The van der Waals surface area contributed by atoms with E-state index in [0.29, 0.717) is 31.1 Å². The van der Waals surface area contributed by atoms with Gasteiger partial charge in [-0.15, -0.1) is 0 Å². The second kappa shape index (κ2) is 7.39. The summed E-state index contributed by atoms with van der Waals surface area (Å²) in [4.78, 5) is 26.9. The zero-order chi connectivity index (χ0) is 18.9. The Labute approximate surface area is 154 Å². The number of nitrogens with zero attached hydrogens (tertiary/aromatic N) is 2. The van der Waals surface area contributed by atoms with Crippen molar-refractivity contribution < 1.29 is 14.1 Å². The summed E-state index contributed by atoms with van der Waals surface area (Å²) in [5.41, 5.74) is 5.91. The third-order valence-corrected chi connectivity index (χ3v) is 5.45. The molecule has 2 aliphatic rings. The third kappa shape index (κ3) is 4.44. The van der Waals surface area contributed by atoms with Crippen molar-refractivity contribution in [2.24, 2.45) is 11.1 Å². The lowest BCUT2D eigenvalue weighted by atomic mass is 9.88. The van der Waals surface area contributed by atoms with Gasteiger partial charge in [-0.05, 0) is 44.6 Å². The van der Waals surface area contributed by atoms with Crippen molar-refractivity contribution in [2.45, 2.75) is 70.9 Å². The standard InChI is InChI=1S/C19H30N4O3/c1-12-8-14(6-7-23(12)17(24)10-19(2,3)11-20)21-18(25)15-9-16(26-22-15)13-4-5-13/h9,12-14H,4-8,10-11,20H2,1-3H3,(H,21,25)/t12-,14-/m0/s1. The van der Waals surface area contributed by atoms with E-state index in [4.69, 9.17) is 10.3 Å². The first-order valence-electron chi connectivity index (χ1n) is 9.56. The fraction of sp³-hybridized carbons (Fsp3) is 0.737. The molecule has 1 aliphatic carbocycles. The first-order valence-corrected chi connectivity index (χ1v) is 9.56. The lowest BCUT2D eigenvalue weighted by Gasteiger charge is -2.39. The van der Waals surface area contributed by atoms with Crippen LogP contribution in [0.2, 0.25) is 0 Å². The van der Waals surface area contributed by atoms with Crippen molar-refractivity contribution in [3.8, 4) is 0 Å². The van der Waals surface area contributed by atoms with Crippen molar-refractivity contribution in [1.82, 2.24) is 15.4 Å². The van der Waals surface area contributed by atoms with Crippen LogP contribution in [-0.2, 0) is 4.79 Å². The minimum atomic E-state index is -0.193. The number of carbonyl (C=O) groups is 2. The number of carbonyl (C=O) groups excluding carboxylic acids is 2. The van der Waals surface area contributed by atoms with Gasteiger partial charge in [-0.3, -0.25) is 9.59 Å². The van der Waals surface area contributed by atoms with E-state index in [9.17, 15) is 9.59 Å². The normalized spacial score (nSPS) is 23.8. The lowest BCUT2D eigenvalue weighted by molar-refractivity contribution is -0.136. The molecule has 26 heavy (non-hydrogen) atoms. The number of rotatable bonds is 6. The average molecular weight is 362 g/mol. The Kier molecular flexibility index (Phi) is 5.37. The molecule has 1 aromatic heterocycles. The highest BCUT2D eigenvalue weighted by Gasteiger charge is 2.33. The minimum Gasteiger partial charge on any atom is -0.360 e. The van der Waals surface area contributed by atoms with Crippen LogP contribution in [0.15, 0.2) is 10.6 Å². The Morgan fingerprint density at radius 3 is 2.73 bits per heavy atom. The van der Waals surface area contributed by atoms with Gasteiger partial charge in [0.05, 0.1) is 0 Å². The van der Waals surface area contributed by atoms with Crippen LogP contribution in [0.1, 0.15) is 75.0 Å². The van der Waals surface area contributed by atoms with E-state index in [1.54, 1.807) is 6.07 Å². The van der Waals surface area contributed by atoms with Crippen molar-refractivity contribution in [3.63, 3.8) is 0 Å². The summed E-state index contributed by atoms with van der Waals surface area (Å²) < 4.78 is 5.25. The van der Waals surface area contributed by atoms with E-state index >= 15 is 0 Å². The number of hydrogen-bond acceptors (Lipinski definition) is 5. The van der Waals surface area contributed by atoms with Crippen LogP contribution >= 0.6 is 0 Å². The molecule has 0 radical (unpaired) electrons.